The van der Waals surface area contributed by atoms with Crippen LogP contribution in [0, 0.1) is 0 Å². The van der Waals surface area contributed by atoms with Gasteiger partial charge in [0.2, 0.25) is 11.8 Å². The molecule has 4 nitrogen and oxygen atoms in total. The van der Waals surface area contributed by atoms with Gasteiger partial charge in [-0.2, -0.15) is 0 Å². The first-order chi connectivity index (χ1) is 10.1. The lowest BCUT2D eigenvalue weighted by molar-refractivity contribution is -0.134. The Morgan fingerprint density at radius 1 is 1.19 bits per heavy atom. The molecule has 0 aliphatic carbocycles. The molecule has 0 aromatic heterocycles. The summed E-state index contributed by atoms with van der Waals surface area (Å²) in [6.45, 7) is 3.95. The highest BCUT2D eigenvalue weighted by Gasteiger charge is 2.39. The molecule has 1 aromatic carbocycles. The third-order valence-corrected chi connectivity index (χ3v) is 4.52. The molecular formula is C16H22N2O2S. The first kappa shape index (κ1) is 15.9. The minimum atomic E-state index is -0.411. The second-order valence-electron chi connectivity index (χ2n) is 5.18. The lowest BCUT2D eigenvalue weighted by atomic mass is 10.0. The van der Waals surface area contributed by atoms with E-state index >= 15 is 0 Å². The number of piperazine rings is 1. The highest BCUT2D eigenvalue weighted by Crippen LogP contribution is 2.26. The van der Waals surface area contributed by atoms with Crippen LogP contribution in [-0.4, -0.2) is 30.2 Å². The van der Waals surface area contributed by atoms with Gasteiger partial charge in [-0.05, 0) is 43.4 Å². The van der Waals surface area contributed by atoms with Crippen molar-refractivity contribution < 1.29 is 9.59 Å². The van der Waals surface area contributed by atoms with Gasteiger partial charge in [-0.25, -0.2) is 0 Å². The summed E-state index contributed by atoms with van der Waals surface area (Å²) in [4.78, 5) is 27.8. The lowest BCUT2D eigenvalue weighted by Crippen LogP contribution is -2.63. The van der Waals surface area contributed by atoms with Crippen LogP contribution >= 0.6 is 11.8 Å². The lowest BCUT2D eigenvalue weighted by Gasteiger charge is -2.38. The Morgan fingerprint density at radius 2 is 1.86 bits per heavy atom. The van der Waals surface area contributed by atoms with E-state index in [0.29, 0.717) is 12.8 Å². The number of anilines is 1. The first-order valence-electron chi connectivity index (χ1n) is 7.39. The first-order valence-corrected chi connectivity index (χ1v) is 8.62. The van der Waals surface area contributed by atoms with E-state index in [9.17, 15) is 9.59 Å². The molecular weight excluding hydrogens is 284 g/mol. The highest BCUT2D eigenvalue weighted by molar-refractivity contribution is 7.98. The van der Waals surface area contributed by atoms with Crippen LogP contribution in [0.1, 0.15) is 33.1 Å². The number of thioether (sulfide) groups is 1. The van der Waals surface area contributed by atoms with Crippen molar-refractivity contribution in [1.82, 2.24) is 5.32 Å². The minimum absolute atomic E-state index is 0.000187. The number of rotatable bonds is 5. The van der Waals surface area contributed by atoms with Gasteiger partial charge in [0.25, 0.3) is 0 Å². The molecule has 2 rings (SSSR count). The molecule has 0 bridgehead atoms. The van der Waals surface area contributed by atoms with E-state index in [2.05, 4.69) is 5.32 Å². The van der Waals surface area contributed by atoms with Crippen molar-refractivity contribution in [3.8, 4) is 0 Å². The van der Waals surface area contributed by atoms with Gasteiger partial charge in [-0.15, -0.1) is 11.8 Å². The second kappa shape index (κ2) is 6.98. The van der Waals surface area contributed by atoms with E-state index in [1.807, 2.05) is 44.4 Å². The van der Waals surface area contributed by atoms with Crippen LogP contribution in [-0.2, 0) is 9.59 Å². The molecule has 5 heteroatoms. The zero-order valence-electron chi connectivity index (χ0n) is 12.8. The summed E-state index contributed by atoms with van der Waals surface area (Å²) in [5.74, 6) is -0.0512. The van der Waals surface area contributed by atoms with Crippen molar-refractivity contribution in [2.75, 3.05) is 11.2 Å². The molecule has 2 amide bonds. The smallest absolute Gasteiger partial charge is 0.250 e. The van der Waals surface area contributed by atoms with Crippen LogP contribution in [0.3, 0.4) is 0 Å². The van der Waals surface area contributed by atoms with Crippen LogP contribution in [0.4, 0.5) is 5.69 Å². The largest absolute Gasteiger partial charge is 0.342 e. The molecule has 2 atom stereocenters. The maximum Gasteiger partial charge on any atom is 0.250 e. The van der Waals surface area contributed by atoms with Gasteiger partial charge >= 0.3 is 0 Å². The summed E-state index contributed by atoms with van der Waals surface area (Å²) in [6, 6.07) is 7.02. The summed E-state index contributed by atoms with van der Waals surface area (Å²) in [5, 5.41) is 2.86. The predicted molar refractivity (Wildman–Crippen MR) is 86.6 cm³/mol. The molecule has 2 unspecified atom stereocenters. The van der Waals surface area contributed by atoms with E-state index in [4.69, 9.17) is 0 Å². The van der Waals surface area contributed by atoms with Gasteiger partial charge in [-0.1, -0.05) is 20.3 Å². The zero-order chi connectivity index (χ0) is 15.4. The number of hydrogen-bond acceptors (Lipinski definition) is 3. The molecule has 114 valence electrons. The fraction of sp³-hybridized carbons (Fsp3) is 0.500. The molecule has 1 heterocycles. The Morgan fingerprint density at radius 3 is 2.38 bits per heavy atom. The summed E-state index contributed by atoms with van der Waals surface area (Å²) in [7, 11) is 0. The van der Waals surface area contributed by atoms with E-state index in [-0.39, 0.29) is 11.8 Å². The molecule has 0 spiro atoms. The van der Waals surface area contributed by atoms with E-state index in [0.717, 1.165) is 17.0 Å². The highest BCUT2D eigenvalue weighted by atomic mass is 32.2. The van der Waals surface area contributed by atoms with E-state index < -0.39 is 12.1 Å². The molecule has 1 N–H and O–H groups in total. The van der Waals surface area contributed by atoms with Crippen molar-refractivity contribution in [3.63, 3.8) is 0 Å². The molecule has 21 heavy (non-hydrogen) atoms. The molecule has 1 aliphatic rings. The molecule has 1 fully saturated rings. The standard InChI is InChI=1S/C16H22N2O2S/c1-4-6-13-16(20)18(14(5-2)15(19)17-13)11-7-9-12(21-3)10-8-11/h7-10,13-14H,4-6H2,1-3H3,(H,17,19). The average molecular weight is 306 g/mol. The summed E-state index contributed by atoms with van der Waals surface area (Å²) in [6.07, 6.45) is 4.18. The van der Waals surface area contributed by atoms with Crippen LogP contribution in [0.25, 0.3) is 0 Å². The fourth-order valence-corrected chi connectivity index (χ4v) is 3.08. The molecule has 1 aromatic rings. The number of amides is 2. The van der Waals surface area contributed by atoms with E-state index in [1.54, 1.807) is 16.7 Å². The number of nitrogens with one attached hydrogen (secondary N) is 1. The van der Waals surface area contributed by atoms with Gasteiger partial charge in [0.1, 0.15) is 12.1 Å². The van der Waals surface area contributed by atoms with Gasteiger partial charge in [-0.3, -0.25) is 14.5 Å². The summed E-state index contributed by atoms with van der Waals surface area (Å²) in [5.41, 5.74) is 0.806. The van der Waals surface area contributed by atoms with Gasteiger partial charge in [0.05, 0.1) is 0 Å². The van der Waals surface area contributed by atoms with E-state index in [1.165, 1.54) is 0 Å². The number of carbonyl (C=O) groups excluding carboxylic acids is 2. The van der Waals surface area contributed by atoms with Crippen molar-refractivity contribution in [2.24, 2.45) is 0 Å². The third-order valence-electron chi connectivity index (χ3n) is 3.78. The molecule has 0 saturated carbocycles. The van der Waals surface area contributed by atoms with Crippen LogP contribution in [0.15, 0.2) is 29.2 Å². The van der Waals surface area contributed by atoms with Gasteiger partial charge in [0.15, 0.2) is 0 Å². The topological polar surface area (TPSA) is 49.4 Å². The molecule has 1 aliphatic heterocycles. The molecule has 1 saturated heterocycles. The summed E-state index contributed by atoms with van der Waals surface area (Å²) < 4.78 is 0. The minimum Gasteiger partial charge on any atom is -0.342 e. The number of nitrogens with zero attached hydrogens (tertiary/aromatic N) is 1. The molecule has 0 radical (unpaired) electrons. The number of hydrogen-bond donors (Lipinski definition) is 1. The van der Waals surface area contributed by atoms with Gasteiger partial charge in [0, 0.05) is 10.6 Å². The van der Waals surface area contributed by atoms with Crippen molar-refractivity contribution in [3.05, 3.63) is 24.3 Å². The Kier molecular flexibility index (Phi) is 5.28. The normalized spacial score (nSPS) is 22.3. The maximum absolute atomic E-state index is 12.7. The quantitative estimate of drug-likeness (QED) is 0.851. The average Bonchev–Trinajstić information content (AvgIpc) is 2.50. The van der Waals surface area contributed by atoms with Crippen LogP contribution in [0.5, 0.6) is 0 Å². The van der Waals surface area contributed by atoms with Gasteiger partial charge < -0.3 is 5.32 Å². The zero-order valence-corrected chi connectivity index (χ0v) is 13.6. The Labute approximate surface area is 130 Å². The SMILES string of the molecule is CCCC1NC(=O)C(CC)N(c2ccc(SC)cc2)C1=O. The number of carbonyl (C=O) groups is 2. The maximum atomic E-state index is 12.7. The Hall–Kier alpha value is -1.49. The third kappa shape index (κ3) is 3.23. The Bertz CT molecular complexity index is 516. The number of benzene rings is 1. The van der Waals surface area contributed by atoms with Crippen LogP contribution < -0.4 is 10.2 Å². The summed E-state index contributed by atoms with van der Waals surface area (Å²) >= 11 is 1.66. The predicted octanol–water partition coefficient (Wildman–Crippen LogP) is 2.82. The second-order valence-corrected chi connectivity index (χ2v) is 6.06. The van der Waals surface area contributed by atoms with Crippen molar-refractivity contribution in [2.45, 2.75) is 50.1 Å². The van der Waals surface area contributed by atoms with Crippen molar-refractivity contribution in [1.29, 1.82) is 0 Å². The van der Waals surface area contributed by atoms with Crippen molar-refractivity contribution >= 4 is 29.3 Å². The van der Waals surface area contributed by atoms with Crippen LogP contribution in [0.2, 0.25) is 0 Å². The fourth-order valence-electron chi connectivity index (χ4n) is 2.67. The monoisotopic (exact) mass is 306 g/mol. The Balaban J connectivity index is 2.34.